The first-order valence-corrected chi connectivity index (χ1v) is 7.92. The molecule has 2 N–H and O–H groups in total. The first-order chi connectivity index (χ1) is 9.97. The molecule has 0 radical (unpaired) electrons. The van der Waals surface area contributed by atoms with Crippen LogP contribution in [0.3, 0.4) is 0 Å². The van der Waals surface area contributed by atoms with E-state index >= 15 is 0 Å². The molecule has 0 aliphatic carbocycles. The lowest BCUT2D eigenvalue weighted by molar-refractivity contribution is 0.597. The molecule has 0 aliphatic rings. The van der Waals surface area contributed by atoms with Crippen LogP contribution in [0.1, 0.15) is 12.6 Å². The predicted molar refractivity (Wildman–Crippen MR) is 77.9 cm³/mol. The number of pyridine rings is 1. The number of halogens is 1. The van der Waals surface area contributed by atoms with Crippen molar-refractivity contribution < 1.29 is 12.8 Å². The summed E-state index contributed by atoms with van der Waals surface area (Å²) in [5.41, 5.74) is 0.722. The molecule has 0 aliphatic heterocycles. The smallest absolute Gasteiger partial charge is 0.263 e. The van der Waals surface area contributed by atoms with Crippen molar-refractivity contribution in [1.82, 2.24) is 14.9 Å². The Morgan fingerprint density at radius 3 is 2.81 bits per heavy atom. The van der Waals surface area contributed by atoms with E-state index in [2.05, 4.69) is 15.0 Å². The van der Waals surface area contributed by atoms with Crippen LogP contribution in [-0.4, -0.2) is 25.0 Å². The lowest BCUT2D eigenvalue weighted by atomic mass is 10.4. The molecule has 0 fully saturated rings. The van der Waals surface area contributed by atoms with Crippen LogP contribution >= 0.6 is 0 Å². The quantitative estimate of drug-likeness (QED) is 0.849. The van der Waals surface area contributed by atoms with Crippen molar-refractivity contribution in [2.45, 2.75) is 24.9 Å². The van der Waals surface area contributed by atoms with E-state index < -0.39 is 15.8 Å². The van der Waals surface area contributed by atoms with E-state index in [-0.39, 0.29) is 10.6 Å². The van der Waals surface area contributed by atoms with Gasteiger partial charge in [-0.1, -0.05) is 0 Å². The molecule has 2 aromatic rings. The highest BCUT2D eigenvalue weighted by Crippen LogP contribution is 2.20. The number of aromatic nitrogens is 2. The number of nitrogens with zero attached hydrogens (tertiary/aromatic N) is 2. The Morgan fingerprint density at radius 1 is 1.43 bits per heavy atom. The van der Waals surface area contributed by atoms with Crippen LogP contribution in [0.2, 0.25) is 0 Å². The van der Waals surface area contributed by atoms with E-state index in [1.165, 1.54) is 18.5 Å². The number of aryl methyl sites for hydroxylation is 1. The second kappa shape index (κ2) is 6.23. The zero-order valence-electron chi connectivity index (χ0n) is 11.8. The number of nitrogens with one attached hydrogen (secondary N) is 2. The number of sulfonamides is 1. The summed E-state index contributed by atoms with van der Waals surface area (Å²) in [5.74, 6) is -0.716. The van der Waals surface area contributed by atoms with Crippen molar-refractivity contribution in [1.29, 1.82) is 0 Å². The molecule has 0 unspecified atom stereocenters. The Balaban J connectivity index is 2.34. The molecule has 0 spiro atoms. The molecule has 2 rings (SSSR count). The van der Waals surface area contributed by atoms with Crippen molar-refractivity contribution in [3.05, 3.63) is 42.2 Å². The molecule has 21 heavy (non-hydrogen) atoms. The normalized spacial score (nSPS) is 11.6. The minimum absolute atomic E-state index is 0.103. The standard InChI is InChI=1S/C13H17FN4O2S/c1-3-18-9-11(6-10(18)7-15-2)21(19,20)17-13-4-5-16-8-12(13)14/h4-6,8-9,15H,3,7H2,1-2H3,(H,16,17). The van der Waals surface area contributed by atoms with Gasteiger partial charge in [-0.2, -0.15) is 0 Å². The molecule has 0 aromatic carbocycles. The average Bonchev–Trinajstić information content (AvgIpc) is 2.86. The third-order valence-electron chi connectivity index (χ3n) is 2.99. The summed E-state index contributed by atoms with van der Waals surface area (Å²) in [7, 11) is -2.05. The molecule has 6 nitrogen and oxygen atoms in total. The zero-order valence-corrected chi connectivity index (χ0v) is 12.6. The van der Waals surface area contributed by atoms with E-state index in [4.69, 9.17) is 0 Å². The minimum atomic E-state index is -3.83. The minimum Gasteiger partial charge on any atom is -0.349 e. The van der Waals surface area contributed by atoms with Crippen LogP contribution in [0.4, 0.5) is 10.1 Å². The summed E-state index contributed by atoms with van der Waals surface area (Å²) in [6.45, 7) is 3.12. The van der Waals surface area contributed by atoms with Gasteiger partial charge in [0.1, 0.15) is 4.90 Å². The highest BCUT2D eigenvalue weighted by molar-refractivity contribution is 7.92. The third kappa shape index (κ3) is 3.40. The van der Waals surface area contributed by atoms with Crippen LogP contribution in [0, 0.1) is 5.82 Å². The summed E-state index contributed by atoms with van der Waals surface area (Å²) in [6, 6.07) is 2.85. The molecular weight excluding hydrogens is 295 g/mol. The Labute approximate surface area is 123 Å². The molecule has 0 saturated heterocycles. The van der Waals surface area contributed by atoms with E-state index in [0.29, 0.717) is 13.1 Å². The van der Waals surface area contributed by atoms with Gasteiger partial charge in [-0.15, -0.1) is 0 Å². The zero-order chi connectivity index (χ0) is 15.5. The lowest BCUT2D eigenvalue weighted by Crippen LogP contribution is -2.13. The maximum Gasteiger partial charge on any atom is 0.263 e. The Bertz CT molecular complexity index is 728. The van der Waals surface area contributed by atoms with Crippen LogP contribution in [0.15, 0.2) is 35.6 Å². The van der Waals surface area contributed by atoms with E-state index in [1.807, 2.05) is 11.5 Å². The van der Waals surface area contributed by atoms with E-state index in [0.717, 1.165) is 11.9 Å². The summed E-state index contributed by atoms with van der Waals surface area (Å²) in [6.07, 6.45) is 3.82. The number of anilines is 1. The summed E-state index contributed by atoms with van der Waals surface area (Å²) in [4.78, 5) is 3.68. The topological polar surface area (TPSA) is 76.0 Å². The maximum atomic E-state index is 13.5. The first-order valence-electron chi connectivity index (χ1n) is 6.44. The van der Waals surface area contributed by atoms with Crippen molar-refractivity contribution in [3.8, 4) is 0 Å². The second-order valence-electron chi connectivity index (χ2n) is 4.44. The van der Waals surface area contributed by atoms with Gasteiger partial charge in [0.2, 0.25) is 0 Å². The van der Waals surface area contributed by atoms with Crippen molar-refractivity contribution in [2.75, 3.05) is 11.8 Å². The van der Waals surface area contributed by atoms with Crippen LogP contribution in [0.5, 0.6) is 0 Å². The highest BCUT2D eigenvalue weighted by Gasteiger charge is 2.19. The molecule has 2 aromatic heterocycles. The van der Waals surface area contributed by atoms with Gasteiger partial charge in [-0.05, 0) is 26.1 Å². The van der Waals surface area contributed by atoms with Gasteiger partial charge >= 0.3 is 0 Å². The Kier molecular flexibility index (Phi) is 4.59. The third-order valence-corrected chi connectivity index (χ3v) is 4.32. The highest BCUT2D eigenvalue weighted by atomic mass is 32.2. The number of hydrogen-bond acceptors (Lipinski definition) is 4. The predicted octanol–water partition coefficient (Wildman–Crippen LogP) is 1.56. The van der Waals surface area contributed by atoms with Crippen LogP contribution in [-0.2, 0) is 23.1 Å². The molecule has 8 heteroatoms. The molecule has 0 atom stereocenters. The first kappa shape index (κ1) is 15.5. The molecule has 2 heterocycles. The maximum absolute atomic E-state index is 13.5. The van der Waals surface area contributed by atoms with Gasteiger partial charge in [0, 0.05) is 31.2 Å². The second-order valence-corrected chi connectivity index (χ2v) is 6.13. The fraction of sp³-hybridized carbons (Fsp3) is 0.308. The van der Waals surface area contributed by atoms with Crippen molar-refractivity contribution in [2.24, 2.45) is 0 Å². The van der Waals surface area contributed by atoms with E-state index in [9.17, 15) is 12.8 Å². The summed E-state index contributed by atoms with van der Waals surface area (Å²) >= 11 is 0. The number of hydrogen-bond donors (Lipinski definition) is 2. The van der Waals surface area contributed by atoms with Gasteiger partial charge in [-0.25, -0.2) is 12.8 Å². The largest absolute Gasteiger partial charge is 0.349 e. The van der Waals surface area contributed by atoms with Gasteiger partial charge in [-0.3, -0.25) is 9.71 Å². The fourth-order valence-corrected chi connectivity index (χ4v) is 3.09. The monoisotopic (exact) mass is 312 g/mol. The van der Waals surface area contributed by atoms with Gasteiger partial charge in [0.15, 0.2) is 5.82 Å². The molecular formula is C13H17FN4O2S. The van der Waals surface area contributed by atoms with Crippen LogP contribution in [0.25, 0.3) is 0 Å². The van der Waals surface area contributed by atoms with E-state index in [1.54, 1.807) is 13.1 Å². The molecule has 0 bridgehead atoms. The fourth-order valence-electron chi connectivity index (χ4n) is 1.96. The summed E-state index contributed by atoms with van der Waals surface area (Å²) in [5, 5.41) is 2.98. The lowest BCUT2D eigenvalue weighted by Gasteiger charge is -2.06. The van der Waals surface area contributed by atoms with Gasteiger partial charge in [0.05, 0.1) is 11.9 Å². The van der Waals surface area contributed by atoms with Crippen LogP contribution < -0.4 is 10.0 Å². The molecule has 0 amide bonds. The Morgan fingerprint density at radius 2 is 2.19 bits per heavy atom. The molecule has 114 valence electrons. The van der Waals surface area contributed by atoms with Crippen molar-refractivity contribution in [3.63, 3.8) is 0 Å². The molecule has 0 saturated carbocycles. The Hall–Kier alpha value is -1.93. The van der Waals surface area contributed by atoms with Gasteiger partial charge in [0.25, 0.3) is 10.0 Å². The average molecular weight is 312 g/mol. The van der Waals surface area contributed by atoms with Gasteiger partial charge < -0.3 is 9.88 Å². The number of rotatable bonds is 6. The SMILES string of the molecule is CCn1cc(S(=O)(=O)Nc2ccncc2F)cc1CNC. The summed E-state index contributed by atoms with van der Waals surface area (Å²) < 4.78 is 42.2. The van der Waals surface area contributed by atoms with Crippen molar-refractivity contribution >= 4 is 15.7 Å².